The van der Waals surface area contributed by atoms with Crippen molar-refractivity contribution < 1.29 is 4.42 Å². The molecule has 0 unspecified atom stereocenters. The molecule has 4 nitrogen and oxygen atoms in total. The molecule has 1 aliphatic rings. The summed E-state index contributed by atoms with van der Waals surface area (Å²) in [6, 6.07) is 54.1. The van der Waals surface area contributed by atoms with E-state index < -0.39 is 0 Å². The molecule has 4 heteroatoms. The van der Waals surface area contributed by atoms with Gasteiger partial charge in [-0.25, -0.2) is 0 Å². The fraction of sp³-hybridized carbons (Fsp3) is 0.0227. The zero-order valence-corrected chi connectivity index (χ0v) is 26.3. The van der Waals surface area contributed by atoms with Crippen LogP contribution in [0.15, 0.2) is 162 Å². The third-order valence-electron chi connectivity index (χ3n) is 9.70. The number of para-hydroxylation sites is 4. The molecule has 0 aliphatic carbocycles. The lowest BCUT2D eigenvalue weighted by molar-refractivity contribution is 0.669. The summed E-state index contributed by atoms with van der Waals surface area (Å²) in [5.41, 5.74) is 15.4. The molecule has 1 aliphatic heterocycles. The first-order chi connectivity index (χ1) is 23.7. The van der Waals surface area contributed by atoms with Crippen LogP contribution in [0.25, 0.3) is 72.2 Å². The Bertz CT molecular complexity index is 2700. The van der Waals surface area contributed by atoms with Gasteiger partial charge in [0.2, 0.25) is 0 Å². The van der Waals surface area contributed by atoms with Crippen LogP contribution in [-0.2, 0) is 0 Å². The van der Waals surface area contributed by atoms with Gasteiger partial charge in [-0.05, 0) is 85.3 Å². The van der Waals surface area contributed by atoms with Crippen LogP contribution >= 0.6 is 0 Å². The van der Waals surface area contributed by atoms with Crippen molar-refractivity contribution in [1.29, 1.82) is 0 Å². The Morgan fingerprint density at radius 1 is 0.542 bits per heavy atom. The number of pyridine rings is 1. The largest absolute Gasteiger partial charge is 0.456 e. The Balaban J connectivity index is 1.26. The molecule has 0 amide bonds. The highest BCUT2D eigenvalue weighted by atomic mass is 16.3. The predicted molar refractivity (Wildman–Crippen MR) is 198 cm³/mol. The van der Waals surface area contributed by atoms with Gasteiger partial charge < -0.3 is 13.9 Å². The van der Waals surface area contributed by atoms with E-state index in [4.69, 9.17) is 9.40 Å². The maximum atomic E-state index is 6.39. The van der Waals surface area contributed by atoms with Crippen molar-refractivity contribution in [2.75, 3.05) is 4.90 Å². The van der Waals surface area contributed by atoms with Crippen LogP contribution in [-0.4, -0.2) is 9.55 Å². The van der Waals surface area contributed by atoms with Gasteiger partial charge in [-0.15, -0.1) is 0 Å². The van der Waals surface area contributed by atoms with Crippen molar-refractivity contribution in [2.45, 2.75) is 6.92 Å². The molecule has 226 valence electrons. The SMILES string of the molecule is Cc1cccnc1-c1ccc2oc3ccc(N4c5ccccc5-c5c(n(-c6ccccc6)c6ccccc56)-c5ccccc54)cc3c2c1. The molecule has 6 aromatic carbocycles. The minimum atomic E-state index is 0.866. The molecule has 0 atom stereocenters. The van der Waals surface area contributed by atoms with Crippen molar-refractivity contribution in [2.24, 2.45) is 0 Å². The molecule has 0 saturated carbocycles. The molecular weight excluding hydrogens is 587 g/mol. The van der Waals surface area contributed by atoms with Crippen molar-refractivity contribution >= 4 is 49.9 Å². The van der Waals surface area contributed by atoms with E-state index in [2.05, 4.69) is 162 Å². The predicted octanol–water partition coefficient (Wildman–Crippen LogP) is 12.0. The fourth-order valence-electron chi connectivity index (χ4n) is 7.61. The lowest BCUT2D eigenvalue weighted by atomic mass is 9.98. The molecule has 0 fully saturated rings. The molecule has 3 aromatic heterocycles. The molecule has 48 heavy (non-hydrogen) atoms. The van der Waals surface area contributed by atoms with Crippen molar-refractivity contribution in [3.63, 3.8) is 0 Å². The molecule has 0 spiro atoms. The summed E-state index contributed by atoms with van der Waals surface area (Å²) < 4.78 is 8.82. The number of fused-ring (bicyclic) bond motifs is 10. The van der Waals surface area contributed by atoms with E-state index in [-0.39, 0.29) is 0 Å². The average Bonchev–Trinajstić information content (AvgIpc) is 3.64. The van der Waals surface area contributed by atoms with Gasteiger partial charge in [-0.2, -0.15) is 0 Å². The van der Waals surface area contributed by atoms with Crippen LogP contribution in [0.4, 0.5) is 17.1 Å². The summed E-state index contributed by atoms with van der Waals surface area (Å²) >= 11 is 0. The van der Waals surface area contributed by atoms with Crippen molar-refractivity contribution in [3.8, 4) is 39.3 Å². The first-order valence-corrected chi connectivity index (χ1v) is 16.3. The Kier molecular flexibility index (Phi) is 5.75. The second-order valence-corrected chi connectivity index (χ2v) is 12.4. The third kappa shape index (κ3) is 3.86. The minimum Gasteiger partial charge on any atom is -0.456 e. The normalized spacial score (nSPS) is 12.2. The average molecular weight is 616 g/mol. The Hall–Kier alpha value is -6.39. The van der Waals surface area contributed by atoms with E-state index in [1.807, 2.05) is 12.3 Å². The first-order valence-electron chi connectivity index (χ1n) is 16.3. The number of benzene rings is 6. The number of aryl methyl sites for hydroxylation is 1. The van der Waals surface area contributed by atoms with Gasteiger partial charge in [-0.3, -0.25) is 4.98 Å². The van der Waals surface area contributed by atoms with Crippen LogP contribution in [0.1, 0.15) is 5.56 Å². The Morgan fingerprint density at radius 3 is 2.06 bits per heavy atom. The number of nitrogens with zero attached hydrogens (tertiary/aromatic N) is 3. The lowest BCUT2D eigenvalue weighted by Gasteiger charge is -2.27. The number of aromatic nitrogens is 2. The van der Waals surface area contributed by atoms with Crippen molar-refractivity contribution in [1.82, 2.24) is 9.55 Å². The third-order valence-corrected chi connectivity index (χ3v) is 9.70. The number of furan rings is 1. The van der Waals surface area contributed by atoms with Gasteiger partial charge in [-0.1, -0.05) is 78.9 Å². The molecule has 0 bridgehead atoms. The summed E-state index contributed by atoms with van der Waals surface area (Å²) in [7, 11) is 0. The lowest BCUT2D eigenvalue weighted by Crippen LogP contribution is -2.11. The molecule has 0 radical (unpaired) electrons. The van der Waals surface area contributed by atoms with Crippen molar-refractivity contribution in [3.05, 3.63) is 163 Å². The molecule has 0 saturated heterocycles. The molecule has 0 N–H and O–H groups in total. The highest BCUT2D eigenvalue weighted by Gasteiger charge is 2.31. The Morgan fingerprint density at radius 2 is 1.23 bits per heavy atom. The van der Waals surface area contributed by atoms with Gasteiger partial charge in [0.15, 0.2) is 0 Å². The second kappa shape index (κ2) is 10.3. The van der Waals surface area contributed by atoms with Gasteiger partial charge in [0, 0.05) is 56.0 Å². The van der Waals surface area contributed by atoms with E-state index >= 15 is 0 Å². The smallest absolute Gasteiger partial charge is 0.135 e. The highest BCUT2D eigenvalue weighted by Crippen LogP contribution is 2.54. The summed E-state index contributed by atoms with van der Waals surface area (Å²) in [5.74, 6) is 0. The molecular formula is C44H29N3O. The summed E-state index contributed by atoms with van der Waals surface area (Å²) in [6.45, 7) is 2.11. The number of rotatable bonds is 3. The van der Waals surface area contributed by atoms with E-state index in [1.54, 1.807) is 0 Å². The van der Waals surface area contributed by atoms with Gasteiger partial charge in [0.1, 0.15) is 11.2 Å². The summed E-state index contributed by atoms with van der Waals surface area (Å²) in [6.07, 6.45) is 1.86. The fourth-order valence-corrected chi connectivity index (χ4v) is 7.61. The van der Waals surface area contributed by atoms with Gasteiger partial charge >= 0.3 is 0 Å². The maximum absolute atomic E-state index is 6.39. The number of anilines is 3. The zero-order chi connectivity index (χ0) is 31.8. The quantitative estimate of drug-likeness (QED) is 0.198. The monoisotopic (exact) mass is 615 g/mol. The van der Waals surface area contributed by atoms with Crippen LogP contribution in [0, 0.1) is 6.92 Å². The summed E-state index contributed by atoms with van der Waals surface area (Å²) in [5, 5.41) is 3.39. The second-order valence-electron chi connectivity index (χ2n) is 12.4. The van der Waals surface area contributed by atoms with E-state index in [0.29, 0.717) is 0 Å². The van der Waals surface area contributed by atoms with Crippen LogP contribution < -0.4 is 4.90 Å². The number of hydrogen-bond acceptors (Lipinski definition) is 3. The van der Waals surface area contributed by atoms with E-state index in [9.17, 15) is 0 Å². The van der Waals surface area contributed by atoms with E-state index in [1.165, 1.54) is 33.3 Å². The minimum absolute atomic E-state index is 0.866. The first kappa shape index (κ1) is 26.8. The highest BCUT2D eigenvalue weighted by molar-refractivity contribution is 6.14. The number of hydrogen-bond donors (Lipinski definition) is 0. The molecule has 9 aromatic rings. The zero-order valence-electron chi connectivity index (χ0n) is 26.3. The molecule has 4 heterocycles. The van der Waals surface area contributed by atoms with Crippen LogP contribution in [0.3, 0.4) is 0 Å². The Labute approximate surface area is 277 Å². The maximum Gasteiger partial charge on any atom is 0.135 e. The van der Waals surface area contributed by atoms with Gasteiger partial charge in [0.05, 0.1) is 28.3 Å². The molecule has 10 rings (SSSR count). The van der Waals surface area contributed by atoms with Crippen LogP contribution in [0.2, 0.25) is 0 Å². The summed E-state index contributed by atoms with van der Waals surface area (Å²) in [4.78, 5) is 7.11. The van der Waals surface area contributed by atoms with Gasteiger partial charge in [0.25, 0.3) is 0 Å². The van der Waals surface area contributed by atoms with Crippen LogP contribution in [0.5, 0.6) is 0 Å². The standard InChI is InChI=1S/C44H29N3O/c1-28-12-11-25-45-43(28)29-21-23-40-35(26-29)36-27-31(22-24-41(36)48-40)46-37-18-8-5-15-32(37)42-33-16-6-9-19-38(33)47(30-13-3-2-4-14-30)44(42)34-17-7-10-20-39(34)46/h2-27H,1H3. The van der Waals surface area contributed by atoms with E-state index in [0.717, 1.165) is 61.5 Å². The topological polar surface area (TPSA) is 34.2 Å².